The number of thiophene rings is 1. The van der Waals surface area contributed by atoms with Crippen molar-refractivity contribution in [1.82, 2.24) is 0 Å². The SMILES string of the molecule is CCOC(=O)c1c(NC(=O)COc2cccc(C)c2)sc(C(=O)OC(C)C)c1C. The summed E-state index contributed by atoms with van der Waals surface area (Å²) in [6, 6.07) is 7.31. The summed E-state index contributed by atoms with van der Waals surface area (Å²) in [5.41, 5.74) is 1.57. The van der Waals surface area contributed by atoms with Gasteiger partial charge in [-0.1, -0.05) is 12.1 Å². The van der Waals surface area contributed by atoms with Crippen molar-refractivity contribution in [2.24, 2.45) is 0 Å². The molecule has 0 saturated heterocycles. The van der Waals surface area contributed by atoms with E-state index in [0.29, 0.717) is 11.3 Å². The van der Waals surface area contributed by atoms with Crippen molar-refractivity contribution in [1.29, 1.82) is 0 Å². The number of carbonyl (C=O) groups excluding carboxylic acids is 3. The highest BCUT2D eigenvalue weighted by Crippen LogP contribution is 2.34. The van der Waals surface area contributed by atoms with Crippen LogP contribution >= 0.6 is 11.3 Å². The minimum atomic E-state index is -0.611. The zero-order valence-electron chi connectivity index (χ0n) is 17.2. The number of ether oxygens (including phenoxy) is 3. The summed E-state index contributed by atoms with van der Waals surface area (Å²) < 4.78 is 15.8. The van der Waals surface area contributed by atoms with Gasteiger partial charge in [0.15, 0.2) is 6.61 Å². The molecule has 29 heavy (non-hydrogen) atoms. The molecule has 0 fully saturated rings. The first-order valence-electron chi connectivity index (χ1n) is 9.23. The minimum absolute atomic E-state index is 0.150. The van der Waals surface area contributed by atoms with Crippen LogP contribution in [0.1, 0.15) is 51.9 Å². The molecular formula is C21H25NO6S. The number of hydrogen-bond acceptors (Lipinski definition) is 7. The van der Waals surface area contributed by atoms with E-state index in [1.54, 1.807) is 33.8 Å². The van der Waals surface area contributed by atoms with E-state index >= 15 is 0 Å². The quantitative estimate of drug-likeness (QED) is 0.647. The van der Waals surface area contributed by atoms with E-state index in [-0.39, 0.29) is 34.8 Å². The lowest BCUT2D eigenvalue weighted by molar-refractivity contribution is -0.118. The highest BCUT2D eigenvalue weighted by atomic mass is 32.1. The van der Waals surface area contributed by atoms with E-state index in [9.17, 15) is 14.4 Å². The monoisotopic (exact) mass is 419 g/mol. The number of anilines is 1. The Morgan fingerprint density at radius 3 is 2.48 bits per heavy atom. The average Bonchev–Trinajstić information content (AvgIpc) is 2.96. The number of hydrogen-bond donors (Lipinski definition) is 1. The fourth-order valence-corrected chi connectivity index (χ4v) is 3.62. The van der Waals surface area contributed by atoms with Crippen molar-refractivity contribution in [3.63, 3.8) is 0 Å². The van der Waals surface area contributed by atoms with Crippen molar-refractivity contribution in [2.75, 3.05) is 18.5 Å². The lowest BCUT2D eigenvalue weighted by atomic mass is 10.1. The van der Waals surface area contributed by atoms with Gasteiger partial charge in [0.25, 0.3) is 5.91 Å². The first kappa shape index (κ1) is 22.4. The Morgan fingerprint density at radius 1 is 1.14 bits per heavy atom. The van der Waals surface area contributed by atoms with Crippen LogP contribution in [-0.2, 0) is 14.3 Å². The lowest BCUT2D eigenvalue weighted by Crippen LogP contribution is -2.21. The molecular weight excluding hydrogens is 394 g/mol. The number of aryl methyl sites for hydroxylation is 1. The highest BCUT2D eigenvalue weighted by Gasteiger charge is 2.27. The van der Waals surface area contributed by atoms with Gasteiger partial charge in [0.1, 0.15) is 15.6 Å². The zero-order valence-corrected chi connectivity index (χ0v) is 18.0. The van der Waals surface area contributed by atoms with Crippen LogP contribution < -0.4 is 10.1 Å². The molecule has 1 heterocycles. The number of benzene rings is 1. The Kier molecular flexibility index (Phi) is 7.78. The molecule has 0 radical (unpaired) electrons. The van der Waals surface area contributed by atoms with Gasteiger partial charge in [0, 0.05) is 0 Å². The van der Waals surface area contributed by atoms with Gasteiger partial charge in [-0.25, -0.2) is 9.59 Å². The van der Waals surface area contributed by atoms with E-state index in [0.717, 1.165) is 16.9 Å². The molecule has 0 aliphatic carbocycles. The van der Waals surface area contributed by atoms with Crippen LogP contribution in [0.2, 0.25) is 0 Å². The van der Waals surface area contributed by atoms with Gasteiger partial charge in [-0.15, -0.1) is 11.3 Å². The number of rotatable bonds is 8. The molecule has 1 amide bonds. The van der Waals surface area contributed by atoms with Gasteiger partial charge in [0.05, 0.1) is 18.3 Å². The Balaban J connectivity index is 2.21. The number of nitrogens with one attached hydrogen (secondary N) is 1. The van der Waals surface area contributed by atoms with Gasteiger partial charge in [-0.3, -0.25) is 4.79 Å². The van der Waals surface area contributed by atoms with Crippen molar-refractivity contribution >= 4 is 34.2 Å². The Bertz CT molecular complexity index is 903. The molecule has 0 unspecified atom stereocenters. The van der Waals surface area contributed by atoms with Gasteiger partial charge >= 0.3 is 11.9 Å². The molecule has 0 aliphatic rings. The number of carbonyl (C=O) groups is 3. The second-order valence-corrected chi connectivity index (χ2v) is 7.61. The Hall–Kier alpha value is -2.87. The largest absolute Gasteiger partial charge is 0.484 e. The summed E-state index contributed by atoms with van der Waals surface area (Å²) in [7, 11) is 0. The predicted molar refractivity (Wildman–Crippen MR) is 111 cm³/mol. The maximum absolute atomic E-state index is 12.4. The summed E-state index contributed by atoms with van der Waals surface area (Å²) >= 11 is 0.980. The fraction of sp³-hybridized carbons (Fsp3) is 0.381. The molecule has 0 aliphatic heterocycles. The molecule has 2 rings (SSSR count). The van der Waals surface area contributed by atoms with Gasteiger partial charge < -0.3 is 19.5 Å². The molecule has 8 heteroatoms. The maximum atomic E-state index is 12.4. The summed E-state index contributed by atoms with van der Waals surface area (Å²) in [6.45, 7) is 8.62. The van der Waals surface area contributed by atoms with Crippen LogP contribution in [0.4, 0.5) is 5.00 Å². The van der Waals surface area contributed by atoms with Crippen LogP contribution in [0, 0.1) is 13.8 Å². The molecule has 7 nitrogen and oxygen atoms in total. The second kappa shape index (κ2) is 10.1. The topological polar surface area (TPSA) is 90.9 Å². The predicted octanol–water partition coefficient (Wildman–Crippen LogP) is 4.12. The lowest BCUT2D eigenvalue weighted by Gasteiger charge is -2.09. The van der Waals surface area contributed by atoms with Crippen molar-refractivity contribution in [3.8, 4) is 5.75 Å². The highest BCUT2D eigenvalue weighted by molar-refractivity contribution is 7.18. The standard InChI is InChI=1S/C21H25NO6S/c1-6-26-20(24)17-14(5)18(21(25)28-12(2)3)29-19(17)22-16(23)11-27-15-9-7-8-13(4)10-15/h7-10,12H,6,11H2,1-5H3,(H,22,23). The van der Waals surface area contributed by atoms with Gasteiger partial charge in [0.2, 0.25) is 0 Å². The maximum Gasteiger partial charge on any atom is 0.348 e. The first-order valence-corrected chi connectivity index (χ1v) is 10.0. The van der Waals surface area contributed by atoms with Crippen LogP contribution in [-0.4, -0.2) is 37.2 Å². The minimum Gasteiger partial charge on any atom is -0.484 e. The summed E-state index contributed by atoms with van der Waals surface area (Å²) in [4.78, 5) is 37.4. The number of esters is 2. The van der Waals surface area contributed by atoms with Crippen molar-refractivity contribution in [3.05, 3.63) is 45.8 Å². The number of amides is 1. The zero-order chi connectivity index (χ0) is 21.6. The molecule has 1 aromatic carbocycles. The molecule has 1 N–H and O–H groups in total. The molecule has 0 atom stereocenters. The van der Waals surface area contributed by atoms with Crippen LogP contribution in [0.25, 0.3) is 0 Å². The Morgan fingerprint density at radius 2 is 1.86 bits per heavy atom. The molecule has 2 aromatic rings. The molecule has 0 bridgehead atoms. The third kappa shape index (κ3) is 6.05. The van der Waals surface area contributed by atoms with Crippen LogP contribution in [0.5, 0.6) is 5.75 Å². The normalized spacial score (nSPS) is 10.6. The van der Waals surface area contributed by atoms with Crippen molar-refractivity contribution < 1.29 is 28.6 Å². The van der Waals surface area contributed by atoms with E-state index in [1.807, 2.05) is 25.1 Å². The smallest absolute Gasteiger partial charge is 0.348 e. The molecule has 1 aromatic heterocycles. The Labute approximate surface area is 174 Å². The summed E-state index contributed by atoms with van der Waals surface area (Å²) in [6.07, 6.45) is -0.309. The second-order valence-electron chi connectivity index (χ2n) is 6.59. The van der Waals surface area contributed by atoms with E-state index in [2.05, 4.69) is 5.32 Å². The van der Waals surface area contributed by atoms with Gasteiger partial charge in [-0.2, -0.15) is 0 Å². The molecule has 0 saturated carbocycles. The first-order chi connectivity index (χ1) is 13.7. The van der Waals surface area contributed by atoms with Gasteiger partial charge in [-0.05, 0) is 57.9 Å². The summed E-state index contributed by atoms with van der Waals surface area (Å²) in [5, 5.41) is 2.88. The van der Waals surface area contributed by atoms with E-state index < -0.39 is 17.8 Å². The molecule has 0 spiro atoms. The van der Waals surface area contributed by atoms with Crippen LogP contribution in [0.3, 0.4) is 0 Å². The third-order valence-corrected chi connectivity index (χ3v) is 4.95. The van der Waals surface area contributed by atoms with E-state index in [1.165, 1.54) is 0 Å². The average molecular weight is 419 g/mol. The summed E-state index contributed by atoms with van der Waals surface area (Å²) in [5.74, 6) is -1.05. The van der Waals surface area contributed by atoms with E-state index in [4.69, 9.17) is 14.2 Å². The molecule has 156 valence electrons. The third-order valence-electron chi connectivity index (χ3n) is 3.77. The van der Waals surface area contributed by atoms with Crippen molar-refractivity contribution in [2.45, 2.75) is 40.7 Å². The van der Waals surface area contributed by atoms with Crippen LogP contribution in [0.15, 0.2) is 24.3 Å². The fourth-order valence-electron chi connectivity index (χ4n) is 2.53.